The molecule has 33 heavy (non-hydrogen) atoms. The van der Waals surface area contributed by atoms with E-state index in [1.165, 1.54) is 0 Å². The van der Waals surface area contributed by atoms with Crippen molar-refractivity contribution in [2.75, 3.05) is 38.2 Å². The van der Waals surface area contributed by atoms with Crippen LogP contribution in [0.3, 0.4) is 0 Å². The number of aromatic nitrogens is 2. The number of ether oxygens (including phenoxy) is 1. The van der Waals surface area contributed by atoms with Gasteiger partial charge in [0.15, 0.2) is 0 Å². The Morgan fingerprint density at radius 2 is 1.55 bits per heavy atom. The third kappa shape index (κ3) is 4.45. The number of anilines is 1. The van der Waals surface area contributed by atoms with Gasteiger partial charge in [0.1, 0.15) is 11.8 Å². The SMILES string of the molecule is COc1ccccc1N1CCN([C@@H](c2ccccc2)c2nnc(-c3ccccc3Cl)o2)CC1. The molecule has 1 aliphatic rings. The first-order valence-electron chi connectivity index (χ1n) is 11.0. The van der Waals surface area contributed by atoms with Crippen LogP contribution in [-0.4, -0.2) is 48.4 Å². The normalized spacial score (nSPS) is 15.4. The van der Waals surface area contributed by atoms with E-state index < -0.39 is 0 Å². The molecule has 0 radical (unpaired) electrons. The zero-order valence-corrected chi connectivity index (χ0v) is 19.2. The van der Waals surface area contributed by atoms with Crippen molar-refractivity contribution in [3.05, 3.63) is 95.3 Å². The average molecular weight is 461 g/mol. The van der Waals surface area contributed by atoms with Crippen LogP contribution in [0.2, 0.25) is 5.02 Å². The summed E-state index contributed by atoms with van der Waals surface area (Å²) in [7, 11) is 1.71. The van der Waals surface area contributed by atoms with Gasteiger partial charge in [0.05, 0.1) is 23.4 Å². The molecule has 5 rings (SSSR count). The molecule has 2 heterocycles. The van der Waals surface area contributed by atoms with Crippen LogP contribution in [0.1, 0.15) is 17.5 Å². The summed E-state index contributed by atoms with van der Waals surface area (Å²) in [6.45, 7) is 3.44. The van der Waals surface area contributed by atoms with Crippen LogP contribution in [-0.2, 0) is 0 Å². The summed E-state index contributed by atoms with van der Waals surface area (Å²) in [6.07, 6.45) is 0. The van der Waals surface area contributed by atoms with Crippen LogP contribution in [0.15, 0.2) is 83.3 Å². The third-order valence-electron chi connectivity index (χ3n) is 6.00. The molecule has 0 unspecified atom stereocenters. The summed E-state index contributed by atoms with van der Waals surface area (Å²) in [5.41, 5.74) is 2.98. The molecule has 1 saturated heterocycles. The Morgan fingerprint density at radius 1 is 0.848 bits per heavy atom. The maximum atomic E-state index is 6.36. The lowest BCUT2D eigenvalue weighted by Gasteiger charge is -2.39. The second-order valence-electron chi connectivity index (χ2n) is 7.93. The quantitative estimate of drug-likeness (QED) is 0.388. The predicted molar refractivity (Wildman–Crippen MR) is 130 cm³/mol. The fraction of sp³-hybridized carbons (Fsp3) is 0.231. The first-order valence-corrected chi connectivity index (χ1v) is 11.4. The number of nitrogens with zero attached hydrogens (tertiary/aromatic N) is 4. The maximum absolute atomic E-state index is 6.36. The summed E-state index contributed by atoms with van der Waals surface area (Å²) in [5, 5.41) is 9.35. The van der Waals surface area contributed by atoms with E-state index in [0.717, 1.165) is 48.7 Å². The molecule has 0 amide bonds. The van der Waals surface area contributed by atoms with E-state index in [0.29, 0.717) is 16.8 Å². The average Bonchev–Trinajstić information content (AvgIpc) is 3.35. The van der Waals surface area contributed by atoms with Crippen LogP contribution in [0, 0.1) is 0 Å². The Balaban J connectivity index is 1.42. The van der Waals surface area contributed by atoms with Gasteiger partial charge in [-0.05, 0) is 29.8 Å². The van der Waals surface area contributed by atoms with Gasteiger partial charge in [0, 0.05) is 26.2 Å². The maximum Gasteiger partial charge on any atom is 0.249 e. The number of hydrogen-bond donors (Lipinski definition) is 0. The third-order valence-corrected chi connectivity index (χ3v) is 6.33. The smallest absolute Gasteiger partial charge is 0.249 e. The summed E-state index contributed by atoms with van der Waals surface area (Å²) in [6, 6.07) is 25.9. The fourth-order valence-electron chi connectivity index (χ4n) is 4.35. The second-order valence-corrected chi connectivity index (χ2v) is 8.34. The number of methoxy groups -OCH3 is 1. The zero-order chi connectivity index (χ0) is 22.6. The van der Waals surface area contributed by atoms with E-state index in [-0.39, 0.29) is 6.04 Å². The Kier molecular flexibility index (Phi) is 6.28. The molecule has 0 saturated carbocycles. The molecular formula is C26H25ClN4O2. The monoisotopic (exact) mass is 460 g/mol. The number of hydrogen-bond acceptors (Lipinski definition) is 6. The van der Waals surface area contributed by atoms with E-state index in [9.17, 15) is 0 Å². The molecule has 1 aromatic heterocycles. The molecule has 6 nitrogen and oxygen atoms in total. The van der Waals surface area contributed by atoms with Gasteiger partial charge in [-0.15, -0.1) is 10.2 Å². The minimum Gasteiger partial charge on any atom is -0.495 e. The summed E-state index contributed by atoms with van der Waals surface area (Å²) >= 11 is 6.36. The van der Waals surface area contributed by atoms with E-state index in [1.54, 1.807) is 7.11 Å². The van der Waals surface area contributed by atoms with Crippen molar-refractivity contribution in [1.29, 1.82) is 0 Å². The van der Waals surface area contributed by atoms with Gasteiger partial charge in [-0.25, -0.2) is 0 Å². The van der Waals surface area contributed by atoms with Gasteiger partial charge < -0.3 is 14.1 Å². The summed E-state index contributed by atoms with van der Waals surface area (Å²) in [4.78, 5) is 4.76. The zero-order valence-electron chi connectivity index (χ0n) is 18.4. The number of para-hydroxylation sites is 2. The van der Waals surface area contributed by atoms with Gasteiger partial charge in [-0.3, -0.25) is 4.90 Å². The van der Waals surface area contributed by atoms with Crippen molar-refractivity contribution < 1.29 is 9.15 Å². The molecule has 0 N–H and O–H groups in total. The highest BCUT2D eigenvalue weighted by molar-refractivity contribution is 6.33. The van der Waals surface area contributed by atoms with Crippen molar-refractivity contribution in [2.45, 2.75) is 6.04 Å². The summed E-state index contributed by atoms with van der Waals surface area (Å²) in [5.74, 6) is 1.90. The highest BCUT2D eigenvalue weighted by Crippen LogP contribution is 2.34. The lowest BCUT2D eigenvalue weighted by Crippen LogP contribution is -2.48. The Morgan fingerprint density at radius 3 is 2.30 bits per heavy atom. The van der Waals surface area contributed by atoms with Crippen molar-refractivity contribution in [1.82, 2.24) is 15.1 Å². The van der Waals surface area contributed by atoms with Gasteiger partial charge >= 0.3 is 0 Å². The Bertz CT molecular complexity index is 1210. The highest BCUT2D eigenvalue weighted by Gasteiger charge is 2.31. The van der Waals surface area contributed by atoms with Gasteiger partial charge in [0.2, 0.25) is 11.8 Å². The van der Waals surface area contributed by atoms with E-state index in [1.807, 2.05) is 60.7 Å². The van der Waals surface area contributed by atoms with Crippen molar-refractivity contribution in [2.24, 2.45) is 0 Å². The first-order chi connectivity index (χ1) is 16.2. The number of piperazine rings is 1. The standard InChI is InChI=1S/C26H25ClN4O2/c1-32-23-14-8-7-13-22(23)30-15-17-31(18-16-30)24(19-9-3-2-4-10-19)26-29-28-25(33-26)20-11-5-6-12-21(20)27/h2-14,24H,15-18H2,1H3/t24-/m0/s1. The van der Waals surface area contributed by atoms with Crippen LogP contribution >= 0.6 is 11.6 Å². The fourth-order valence-corrected chi connectivity index (χ4v) is 4.56. The van der Waals surface area contributed by atoms with E-state index in [4.69, 9.17) is 20.8 Å². The molecule has 0 spiro atoms. The van der Waals surface area contributed by atoms with E-state index >= 15 is 0 Å². The highest BCUT2D eigenvalue weighted by atomic mass is 35.5. The number of halogens is 1. The molecule has 168 valence electrons. The van der Waals surface area contributed by atoms with Gasteiger partial charge in [-0.2, -0.15) is 0 Å². The van der Waals surface area contributed by atoms with Crippen molar-refractivity contribution in [3.63, 3.8) is 0 Å². The molecule has 3 aromatic carbocycles. The van der Waals surface area contributed by atoms with Crippen LogP contribution in [0.25, 0.3) is 11.5 Å². The predicted octanol–water partition coefficient (Wildman–Crippen LogP) is 5.31. The second kappa shape index (κ2) is 9.65. The first kappa shape index (κ1) is 21.5. The number of rotatable bonds is 6. The van der Waals surface area contributed by atoms with Crippen LogP contribution in [0.5, 0.6) is 5.75 Å². The van der Waals surface area contributed by atoms with Crippen molar-refractivity contribution in [3.8, 4) is 17.2 Å². The number of benzene rings is 3. The molecule has 7 heteroatoms. The molecule has 4 aromatic rings. The molecule has 0 aliphatic carbocycles. The minimum absolute atomic E-state index is 0.130. The molecule has 1 fully saturated rings. The lowest BCUT2D eigenvalue weighted by atomic mass is 10.0. The lowest BCUT2D eigenvalue weighted by molar-refractivity contribution is 0.187. The molecule has 0 bridgehead atoms. The van der Waals surface area contributed by atoms with E-state index in [2.05, 4.69) is 38.2 Å². The van der Waals surface area contributed by atoms with Gasteiger partial charge in [0.25, 0.3) is 0 Å². The molecule has 1 aliphatic heterocycles. The minimum atomic E-state index is -0.130. The molecule has 1 atom stereocenters. The topological polar surface area (TPSA) is 54.6 Å². The summed E-state index contributed by atoms with van der Waals surface area (Å²) < 4.78 is 11.8. The largest absolute Gasteiger partial charge is 0.495 e. The van der Waals surface area contributed by atoms with Crippen LogP contribution < -0.4 is 9.64 Å². The van der Waals surface area contributed by atoms with Gasteiger partial charge in [-0.1, -0.05) is 66.2 Å². The molecular weight excluding hydrogens is 436 g/mol. The van der Waals surface area contributed by atoms with Crippen LogP contribution in [0.4, 0.5) is 5.69 Å². The Labute approximate surface area is 198 Å². The Hall–Kier alpha value is -3.35. The van der Waals surface area contributed by atoms with Crippen molar-refractivity contribution >= 4 is 17.3 Å².